The highest BCUT2D eigenvalue weighted by molar-refractivity contribution is 5.78. The number of rotatable bonds is 5. The molecule has 1 amide bonds. The number of amides is 1. The molecule has 0 saturated carbocycles. The molecule has 1 aromatic heterocycles. The summed E-state index contributed by atoms with van der Waals surface area (Å²) in [5.74, 6) is 1.66. The SMILES string of the molecule is CCc1cc(N2CCC(C(=O)N(C)C)CC2)nc(-c2ccc([N+](=O)[O-])cc2)n1. The van der Waals surface area contributed by atoms with Gasteiger partial charge in [-0.15, -0.1) is 0 Å². The van der Waals surface area contributed by atoms with Gasteiger partial charge in [0.1, 0.15) is 5.82 Å². The zero-order chi connectivity index (χ0) is 20.3. The Bertz CT molecular complexity index is 859. The van der Waals surface area contributed by atoms with E-state index in [1.165, 1.54) is 12.1 Å². The number of nitro groups is 1. The minimum Gasteiger partial charge on any atom is -0.356 e. The second-order valence-corrected chi connectivity index (χ2v) is 7.19. The molecule has 8 nitrogen and oxygen atoms in total. The van der Waals surface area contributed by atoms with Gasteiger partial charge in [-0.25, -0.2) is 9.97 Å². The lowest BCUT2D eigenvalue weighted by Gasteiger charge is -2.33. The summed E-state index contributed by atoms with van der Waals surface area (Å²) in [7, 11) is 3.59. The molecule has 1 fully saturated rings. The highest BCUT2D eigenvalue weighted by Crippen LogP contribution is 2.26. The van der Waals surface area contributed by atoms with Crippen LogP contribution >= 0.6 is 0 Å². The fourth-order valence-electron chi connectivity index (χ4n) is 3.41. The van der Waals surface area contributed by atoms with E-state index in [4.69, 9.17) is 4.98 Å². The molecule has 0 unspecified atom stereocenters. The Hall–Kier alpha value is -3.03. The molecule has 0 spiro atoms. The van der Waals surface area contributed by atoms with Gasteiger partial charge in [0.15, 0.2) is 5.82 Å². The van der Waals surface area contributed by atoms with Gasteiger partial charge in [0, 0.05) is 62.6 Å². The smallest absolute Gasteiger partial charge is 0.269 e. The van der Waals surface area contributed by atoms with Crippen LogP contribution in [-0.2, 0) is 11.2 Å². The Morgan fingerprint density at radius 2 is 1.86 bits per heavy atom. The summed E-state index contributed by atoms with van der Waals surface area (Å²) in [4.78, 5) is 35.8. The minimum absolute atomic E-state index is 0.0447. The monoisotopic (exact) mass is 383 g/mol. The molecule has 2 heterocycles. The maximum Gasteiger partial charge on any atom is 0.269 e. The Morgan fingerprint density at radius 3 is 2.39 bits per heavy atom. The Kier molecular flexibility index (Phi) is 5.87. The van der Waals surface area contributed by atoms with Crippen molar-refractivity contribution in [1.29, 1.82) is 0 Å². The van der Waals surface area contributed by atoms with Crippen molar-refractivity contribution in [3.63, 3.8) is 0 Å². The van der Waals surface area contributed by atoms with Crippen molar-refractivity contribution in [2.75, 3.05) is 32.1 Å². The van der Waals surface area contributed by atoms with Gasteiger partial charge in [-0.2, -0.15) is 0 Å². The van der Waals surface area contributed by atoms with E-state index in [9.17, 15) is 14.9 Å². The summed E-state index contributed by atoms with van der Waals surface area (Å²) in [5.41, 5.74) is 1.72. The lowest BCUT2D eigenvalue weighted by molar-refractivity contribution is -0.384. The second-order valence-electron chi connectivity index (χ2n) is 7.19. The number of nitrogens with zero attached hydrogens (tertiary/aromatic N) is 5. The van der Waals surface area contributed by atoms with Crippen LogP contribution in [0.1, 0.15) is 25.5 Å². The highest BCUT2D eigenvalue weighted by Gasteiger charge is 2.27. The number of piperidine rings is 1. The predicted octanol–water partition coefficient (Wildman–Crippen LogP) is 2.92. The van der Waals surface area contributed by atoms with Gasteiger partial charge in [0.2, 0.25) is 5.91 Å². The van der Waals surface area contributed by atoms with Gasteiger partial charge >= 0.3 is 0 Å². The first kappa shape index (κ1) is 19.7. The van der Waals surface area contributed by atoms with Crippen LogP contribution in [0.2, 0.25) is 0 Å². The van der Waals surface area contributed by atoms with E-state index in [0.29, 0.717) is 5.82 Å². The number of non-ortho nitro benzene ring substituents is 1. The summed E-state index contributed by atoms with van der Waals surface area (Å²) in [6.45, 7) is 3.57. The lowest BCUT2D eigenvalue weighted by Crippen LogP contribution is -2.40. The van der Waals surface area contributed by atoms with Gasteiger partial charge in [0.05, 0.1) is 4.92 Å². The molecular weight excluding hydrogens is 358 g/mol. The number of nitro benzene ring substituents is 1. The quantitative estimate of drug-likeness (QED) is 0.582. The average Bonchev–Trinajstić information content (AvgIpc) is 2.73. The molecular formula is C20H25N5O3. The predicted molar refractivity (Wildman–Crippen MR) is 107 cm³/mol. The van der Waals surface area contributed by atoms with Crippen molar-refractivity contribution in [3.8, 4) is 11.4 Å². The van der Waals surface area contributed by atoms with E-state index in [1.807, 2.05) is 13.0 Å². The van der Waals surface area contributed by atoms with Crippen molar-refractivity contribution in [2.24, 2.45) is 5.92 Å². The van der Waals surface area contributed by atoms with E-state index in [2.05, 4.69) is 9.88 Å². The van der Waals surface area contributed by atoms with Gasteiger partial charge in [-0.1, -0.05) is 6.92 Å². The van der Waals surface area contributed by atoms with Gasteiger partial charge < -0.3 is 9.80 Å². The summed E-state index contributed by atoms with van der Waals surface area (Å²) < 4.78 is 0. The largest absolute Gasteiger partial charge is 0.356 e. The molecule has 1 aliphatic rings. The van der Waals surface area contributed by atoms with Crippen LogP contribution in [-0.4, -0.2) is 52.9 Å². The van der Waals surface area contributed by atoms with E-state index in [1.54, 1.807) is 31.1 Å². The molecule has 2 aromatic rings. The zero-order valence-electron chi connectivity index (χ0n) is 16.5. The second kappa shape index (κ2) is 8.33. The number of carbonyl (C=O) groups is 1. The van der Waals surface area contributed by atoms with Crippen LogP contribution in [0.5, 0.6) is 0 Å². The molecule has 1 aromatic carbocycles. The third kappa shape index (κ3) is 4.27. The Balaban J connectivity index is 1.82. The maximum atomic E-state index is 12.2. The van der Waals surface area contributed by atoms with Crippen molar-refractivity contribution >= 4 is 17.4 Å². The molecule has 8 heteroatoms. The van der Waals surface area contributed by atoms with Gasteiger partial charge in [0.25, 0.3) is 5.69 Å². The topological polar surface area (TPSA) is 92.5 Å². The number of aryl methyl sites for hydroxylation is 1. The van der Waals surface area contributed by atoms with E-state index in [-0.39, 0.29) is 17.5 Å². The molecule has 1 aliphatic heterocycles. The third-order valence-electron chi connectivity index (χ3n) is 5.07. The molecule has 3 rings (SSSR count). The Morgan fingerprint density at radius 1 is 1.21 bits per heavy atom. The third-order valence-corrected chi connectivity index (χ3v) is 5.07. The van der Waals surface area contributed by atoms with Crippen molar-refractivity contribution in [1.82, 2.24) is 14.9 Å². The molecule has 0 N–H and O–H groups in total. The van der Waals surface area contributed by atoms with Gasteiger partial charge in [-0.3, -0.25) is 14.9 Å². The van der Waals surface area contributed by atoms with E-state index in [0.717, 1.165) is 49.4 Å². The standard InChI is InChI=1S/C20H25N5O3/c1-4-16-13-18(24-11-9-15(10-12-24)20(26)23(2)3)22-19(21-16)14-5-7-17(8-6-14)25(27)28/h5-8,13,15H,4,9-12H2,1-3H3. The van der Waals surface area contributed by atoms with Crippen LogP contribution in [0.15, 0.2) is 30.3 Å². The highest BCUT2D eigenvalue weighted by atomic mass is 16.6. The van der Waals surface area contributed by atoms with Crippen LogP contribution < -0.4 is 4.90 Å². The summed E-state index contributed by atoms with van der Waals surface area (Å²) >= 11 is 0. The van der Waals surface area contributed by atoms with Crippen LogP contribution in [0.25, 0.3) is 11.4 Å². The first-order valence-corrected chi connectivity index (χ1v) is 9.48. The van der Waals surface area contributed by atoms with E-state index < -0.39 is 4.92 Å². The van der Waals surface area contributed by atoms with Crippen LogP contribution in [0, 0.1) is 16.0 Å². The summed E-state index contributed by atoms with van der Waals surface area (Å²) in [6.07, 6.45) is 2.37. The number of hydrogen-bond acceptors (Lipinski definition) is 6. The number of aromatic nitrogens is 2. The fourth-order valence-corrected chi connectivity index (χ4v) is 3.41. The fraction of sp³-hybridized carbons (Fsp3) is 0.450. The molecule has 0 aliphatic carbocycles. The summed E-state index contributed by atoms with van der Waals surface area (Å²) in [5, 5.41) is 10.9. The summed E-state index contributed by atoms with van der Waals surface area (Å²) in [6, 6.07) is 8.28. The molecule has 148 valence electrons. The zero-order valence-corrected chi connectivity index (χ0v) is 16.5. The minimum atomic E-state index is -0.419. The number of anilines is 1. The van der Waals surface area contributed by atoms with Crippen molar-refractivity contribution < 1.29 is 9.72 Å². The average molecular weight is 383 g/mol. The normalized spacial score (nSPS) is 14.8. The molecule has 28 heavy (non-hydrogen) atoms. The maximum absolute atomic E-state index is 12.2. The Labute approximate surface area is 164 Å². The first-order chi connectivity index (χ1) is 13.4. The molecule has 0 atom stereocenters. The van der Waals surface area contributed by atoms with Crippen molar-refractivity contribution in [2.45, 2.75) is 26.2 Å². The van der Waals surface area contributed by atoms with Crippen LogP contribution in [0.3, 0.4) is 0 Å². The number of benzene rings is 1. The lowest BCUT2D eigenvalue weighted by atomic mass is 9.95. The molecule has 1 saturated heterocycles. The van der Waals surface area contributed by atoms with E-state index >= 15 is 0 Å². The van der Waals surface area contributed by atoms with Crippen LogP contribution in [0.4, 0.5) is 11.5 Å². The molecule has 0 radical (unpaired) electrons. The first-order valence-electron chi connectivity index (χ1n) is 9.48. The van der Waals surface area contributed by atoms with Gasteiger partial charge in [-0.05, 0) is 31.4 Å². The molecule has 0 bridgehead atoms. The van der Waals surface area contributed by atoms with Crippen molar-refractivity contribution in [3.05, 3.63) is 46.1 Å². The number of carbonyl (C=O) groups excluding carboxylic acids is 1. The number of hydrogen-bond donors (Lipinski definition) is 0.